The summed E-state index contributed by atoms with van der Waals surface area (Å²) in [6, 6.07) is 76.4. The lowest BCUT2D eigenvalue weighted by atomic mass is 9.96. The van der Waals surface area contributed by atoms with Gasteiger partial charge in [-0.1, -0.05) is 170 Å². The molecule has 0 aliphatic carbocycles. The minimum absolute atomic E-state index is 0.868. The summed E-state index contributed by atoms with van der Waals surface area (Å²) in [7, 11) is 0. The quantitative estimate of drug-likeness (QED) is 0.171. The van der Waals surface area contributed by atoms with E-state index in [1.54, 1.807) is 0 Å². The summed E-state index contributed by atoms with van der Waals surface area (Å²) < 4.78 is 6.69. The first-order valence-electron chi connectivity index (χ1n) is 19.2. The summed E-state index contributed by atoms with van der Waals surface area (Å²) in [4.78, 5) is 2.38. The first kappa shape index (κ1) is 32.0. The van der Waals surface area contributed by atoms with Crippen LogP contribution in [0.1, 0.15) is 0 Å². The van der Waals surface area contributed by atoms with Crippen molar-refractivity contribution < 1.29 is 4.42 Å². The lowest BCUT2D eigenvalue weighted by Gasteiger charge is -2.27. The van der Waals surface area contributed by atoms with E-state index in [1.807, 2.05) is 0 Å². The van der Waals surface area contributed by atoms with Crippen LogP contribution in [0.3, 0.4) is 0 Å². The number of hydrogen-bond donors (Lipinski definition) is 0. The van der Waals surface area contributed by atoms with Gasteiger partial charge in [-0.3, -0.25) is 0 Å². The Labute approximate surface area is 325 Å². The van der Waals surface area contributed by atoms with Crippen molar-refractivity contribution >= 4 is 71.3 Å². The van der Waals surface area contributed by atoms with Crippen molar-refractivity contribution in [3.05, 3.63) is 212 Å². The van der Waals surface area contributed by atoms with E-state index in [0.29, 0.717) is 0 Å². The lowest BCUT2D eigenvalue weighted by molar-refractivity contribution is 0.672. The highest BCUT2D eigenvalue weighted by atomic mass is 16.3. The van der Waals surface area contributed by atoms with E-state index in [2.05, 4.69) is 217 Å². The van der Waals surface area contributed by atoms with Crippen LogP contribution in [0.5, 0.6) is 0 Å². The summed E-state index contributed by atoms with van der Waals surface area (Å²) in [6.07, 6.45) is 0. The van der Waals surface area contributed by atoms with Gasteiger partial charge < -0.3 is 9.32 Å². The molecule has 0 radical (unpaired) electrons. The minimum Gasteiger partial charge on any atom is -0.455 e. The molecule has 0 amide bonds. The standard InChI is InChI=1S/C54H35NO/c1-4-18-45-38(11-1)14-8-21-47(45)41-27-25-36(26-28-41)37-29-32-43(33-30-37)55(44-17-7-16-42(35-44)48-22-9-15-39-12-2-5-19-46(39)48)51-23-10-24-52-53(51)50-34-31-40-13-3-6-20-49(40)54(50)56-52/h1-35H. The molecular formula is C54H35NO. The predicted octanol–water partition coefficient (Wildman–Crippen LogP) is 15.5. The van der Waals surface area contributed by atoms with Crippen LogP contribution >= 0.6 is 0 Å². The van der Waals surface area contributed by atoms with E-state index >= 15 is 0 Å². The van der Waals surface area contributed by atoms with Crippen molar-refractivity contribution in [3.63, 3.8) is 0 Å². The fraction of sp³-hybridized carbons (Fsp3) is 0. The SMILES string of the molecule is c1cc(-c2cccc3ccccc23)cc(N(c2ccc(-c3ccc(-c4cccc5ccccc45)cc3)cc2)c2cccc3oc4c5ccccc5ccc4c23)c1. The van der Waals surface area contributed by atoms with Gasteiger partial charge in [0.2, 0.25) is 0 Å². The summed E-state index contributed by atoms with van der Waals surface area (Å²) in [5, 5.41) is 9.48. The van der Waals surface area contributed by atoms with Crippen LogP contribution in [0.15, 0.2) is 217 Å². The first-order chi connectivity index (χ1) is 27.8. The van der Waals surface area contributed by atoms with Crippen LogP contribution in [0, 0.1) is 0 Å². The van der Waals surface area contributed by atoms with Crippen LogP contribution in [-0.4, -0.2) is 0 Å². The molecule has 11 rings (SSSR count). The Morgan fingerprint density at radius 1 is 0.321 bits per heavy atom. The van der Waals surface area contributed by atoms with Gasteiger partial charge in [0.15, 0.2) is 0 Å². The number of anilines is 3. The number of furan rings is 1. The fourth-order valence-electron chi connectivity index (χ4n) is 8.56. The number of rotatable bonds is 6. The summed E-state index contributed by atoms with van der Waals surface area (Å²) in [5.74, 6) is 0. The van der Waals surface area contributed by atoms with Crippen LogP contribution < -0.4 is 4.90 Å². The summed E-state index contributed by atoms with van der Waals surface area (Å²) in [5.41, 5.74) is 12.2. The molecule has 56 heavy (non-hydrogen) atoms. The van der Waals surface area contributed by atoms with Crippen molar-refractivity contribution in [2.45, 2.75) is 0 Å². The van der Waals surface area contributed by atoms with Gasteiger partial charge in [-0.05, 0) is 103 Å². The number of nitrogens with zero attached hydrogens (tertiary/aromatic N) is 1. The van der Waals surface area contributed by atoms with Gasteiger partial charge >= 0.3 is 0 Å². The molecule has 1 heterocycles. The highest BCUT2D eigenvalue weighted by Crippen LogP contribution is 2.45. The van der Waals surface area contributed by atoms with E-state index < -0.39 is 0 Å². The number of benzene rings is 10. The molecule has 0 spiro atoms. The van der Waals surface area contributed by atoms with Gasteiger partial charge in [0.1, 0.15) is 11.2 Å². The first-order valence-corrected chi connectivity index (χ1v) is 19.2. The number of hydrogen-bond acceptors (Lipinski definition) is 2. The molecule has 0 atom stereocenters. The molecule has 0 aliphatic heterocycles. The van der Waals surface area contributed by atoms with Gasteiger partial charge in [-0.25, -0.2) is 0 Å². The summed E-state index contributed by atoms with van der Waals surface area (Å²) in [6.45, 7) is 0. The average molecular weight is 714 g/mol. The molecule has 0 fully saturated rings. The average Bonchev–Trinajstić information content (AvgIpc) is 3.67. The van der Waals surface area contributed by atoms with Crippen molar-refractivity contribution in [1.82, 2.24) is 0 Å². The molecule has 2 nitrogen and oxygen atoms in total. The van der Waals surface area contributed by atoms with Crippen LogP contribution in [0.4, 0.5) is 17.1 Å². The topological polar surface area (TPSA) is 16.4 Å². The van der Waals surface area contributed by atoms with Crippen molar-refractivity contribution in [2.75, 3.05) is 4.90 Å². The second kappa shape index (κ2) is 13.2. The fourth-order valence-corrected chi connectivity index (χ4v) is 8.56. The second-order valence-corrected chi connectivity index (χ2v) is 14.5. The Bertz CT molecular complexity index is 3230. The van der Waals surface area contributed by atoms with E-state index in [9.17, 15) is 0 Å². The molecule has 10 aromatic carbocycles. The zero-order chi connectivity index (χ0) is 37.0. The smallest absolute Gasteiger partial charge is 0.143 e. The van der Waals surface area contributed by atoms with Gasteiger partial charge in [0, 0.05) is 22.1 Å². The van der Waals surface area contributed by atoms with E-state index in [1.165, 1.54) is 60.3 Å². The van der Waals surface area contributed by atoms with Crippen molar-refractivity contribution in [2.24, 2.45) is 0 Å². The Balaban J connectivity index is 1.05. The molecule has 262 valence electrons. The molecule has 0 N–H and O–H groups in total. The molecule has 0 bridgehead atoms. The van der Waals surface area contributed by atoms with E-state index in [-0.39, 0.29) is 0 Å². The third-order valence-corrected chi connectivity index (χ3v) is 11.3. The molecule has 2 heteroatoms. The third-order valence-electron chi connectivity index (χ3n) is 11.3. The Morgan fingerprint density at radius 2 is 0.857 bits per heavy atom. The normalized spacial score (nSPS) is 11.6. The van der Waals surface area contributed by atoms with Crippen LogP contribution in [0.25, 0.3) is 87.6 Å². The minimum atomic E-state index is 0.868. The molecule has 11 aromatic rings. The van der Waals surface area contributed by atoms with E-state index in [0.717, 1.165) is 44.4 Å². The third kappa shape index (κ3) is 5.34. The van der Waals surface area contributed by atoms with Gasteiger partial charge in [-0.2, -0.15) is 0 Å². The van der Waals surface area contributed by atoms with Gasteiger partial charge in [0.05, 0.1) is 11.1 Å². The Kier molecular flexibility index (Phi) is 7.53. The molecule has 0 unspecified atom stereocenters. The van der Waals surface area contributed by atoms with Crippen LogP contribution in [0.2, 0.25) is 0 Å². The maximum atomic E-state index is 6.69. The molecule has 0 saturated heterocycles. The van der Waals surface area contributed by atoms with E-state index in [4.69, 9.17) is 4.42 Å². The molecule has 0 aliphatic rings. The Hall–Kier alpha value is -7.42. The largest absolute Gasteiger partial charge is 0.455 e. The van der Waals surface area contributed by atoms with Crippen LogP contribution in [-0.2, 0) is 0 Å². The zero-order valence-electron chi connectivity index (χ0n) is 30.6. The highest BCUT2D eigenvalue weighted by molar-refractivity contribution is 6.19. The Morgan fingerprint density at radius 3 is 1.55 bits per heavy atom. The highest BCUT2D eigenvalue weighted by Gasteiger charge is 2.21. The monoisotopic (exact) mass is 713 g/mol. The molecule has 1 aromatic heterocycles. The predicted molar refractivity (Wildman–Crippen MR) is 237 cm³/mol. The zero-order valence-corrected chi connectivity index (χ0v) is 30.6. The summed E-state index contributed by atoms with van der Waals surface area (Å²) >= 11 is 0. The maximum Gasteiger partial charge on any atom is 0.143 e. The molecule has 0 saturated carbocycles. The van der Waals surface area contributed by atoms with Crippen molar-refractivity contribution in [1.29, 1.82) is 0 Å². The maximum absolute atomic E-state index is 6.69. The molecular weight excluding hydrogens is 679 g/mol. The number of fused-ring (bicyclic) bond motifs is 7. The lowest BCUT2D eigenvalue weighted by Crippen LogP contribution is -2.10. The van der Waals surface area contributed by atoms with Crippen molar-refractivity contribution in [3.8, 4) is 33.4 Å². The van der Waals surface area contributed by atoms with Gasteiger partial charge in [-0.15, -0.1) is 0 Å². The van der Waals surface area contributed by atoms with Gasteiger partial charge in [0.25, 0.3) is 0 Å². The second-order valence-electron chi connectivity index (χ2n) is 14.5.